The summed E-state index contributed by atoms with van der Waals surface area (Å²) < 4.78 is 39.4. The van der Waals surface area contributed by atoms with Gasteiger partial charge in [0.2, 0.25) is 0 Å². The number of allylic oxidation sites excluding steroid dienone is 3. The standard InChI is InChI=1S/C41H76F2O7/c1-3-5-6-7-8-9-10-11-12-17-20-23-26-29-36(45)33(32-49-41-40(48)39(47)38(46)37(31-44)50-41)30-35(43)28-25-22-19-16-14-13-15-18-21-24-27-34(42)4-2/h4,30,33,36-41,44-48H,3,5-29,31-32H2,1-2H3/b34-4+,35-30+. The fourth-order valence-corrected chi connectivity index (χ4v) is 6.73. The Balaban J connectivity index is 2.44. The highest BCUT2D eigenvalue weighted by molar-refractivity contribution is 4.99. The molecule has 7 unspecified atom stereocenters. The molecule has 0 radical (unpaired) electrons. The summed E-state index contributed by atoms with van der Waals surface area (Å²) in [7, 11) is 0. The maximum absolute atomic E-state index is 15.1. The molecular formula is C41H76F2O7. The Bertz CT molecular complexity index is 840. The van der Waals surface area contributed by atoms with Crippen molar-refractivity contribution >= 4 is 0 Å². The molecular weight excluding hydrogens is 642 g/mol. The van der Waals surface area contributed by atoms with Crippen LogP contribution in [0.25, 0.3) is 0 Å². The van der Waals surface area contributed by atoms with Crippen molar-refractivity contribution in [2.45, 2.75) is 218 Å². The zero-order valence-corrected chi connectivity index (χ0v) is 31.8. The molecule has 296 valence electrons. The van der Waals surface area contributed by atoms with Crippen molar-refractivity contribution < 1.29 is 43.8 Å². The molecule has 0 saturated carbocycles. The SMILES string of the molecule is C/C=C(/F)CCCCCCCCCCCC/C(F)=C\C(COC1OC(CO)C(O)C(O)C1O)C(O)CCCCCCCCCCCCCCC. The highest BCUT2D eigenvalue weighted by Gasteiger charge is 2.44. The van der Waals surface area contributed by atoms with Gasteiger partial charge in [-0.25, -0.2) is 8.78 Å². The summed E-state index contributed by atoms with van der Waals surface area (Å²) in [6.45, 7) is 3.27. The molecule has 0 aromatic rings. The zero-order chi connectivity index (χ0) is 36.8. The lowest BCUT2D eigenvalue weighted by molar-refractivity contribution is -0.303. The smallest absolute Gasteiger partial charge is 0.186 e. The lowest BCUT2D eigenvalue weighted by Crippen LogP contribution is -2.59. The molecule has 7 nitrogen and oxygen atoms in total. The molecule has 1 rings (SSSR count). The van der Waals surface area contributed by atoms with E-state index < -0.39 is 49.3 Å². The highest BCUT2D eigenvalue weighted by atomic mass is 19.1. The summed E-state index contributed by atoms with van der Waals surface area (Å²) in [4.78, 5) is 0. The molecule has 5 N–H and O–H groups in total. The Morgan fingerprint density at radius 3 is 1.54 bits per heavy atom. The molecule has 0 aliphatic carbocycles. The molecule has 0 aromatic heterocycles. The van der Waals surface area contributed by atoms with Gasteiger partial charge in [-0.3, -0.25) is 0 Å². The number of halogens is 2. The van der Waals surface area contributed by atoms with Crippen LogP contribution in [0.4, 0.5) is 8.78 Å². The Labute approximate surface area is 303 Å². The lowest BCUT2D eigenvalue weighted by Gasteiger charge is -2.40. The minimum absolute atomic E-state index is 0.0191. The monoisotopic (exact) mass is 719 g/mol. The topological polar surface area (TPSA) is 120 Å². The zero-order valence-electron chi connectivity index (χ0n) is 31.8. The van der Waals surface area contributed by atoms with E-state index in [2.05, 4.69) is 6.92 Å². The van der Waals surface area contributed by atoms with Gasteiger partial charge in [-0.1, -0.05) is 148 Å². The van der Waals surface area contributed by atoms with E-state index in [1.165, 1.54) is 89.2 Å². The first kappa shape index (κ1) is 47.1. The largest absolute Gasteiger partial charge is 0.394 e. The van der Waals surface area contributed by atoms with Crippen LogP contribution in [0, 0.1) is 5.92 Å². The van der Waals surface area contributed by atoms with Gasteiger partial charge < -0.3 is 35.0 Å². The molecule has 1 saturated heterocycles. The van der Waals surface area contributed by atoms with E-state index >= 15 is 4.39 Å². The number of hydrogen-bond acceptors (Lipinski definition) is 7. The summed E-state index contributed by atoms with van der Waals surface area (Å²) in [5, 5.41) is 51.1. The molecule has 0 bridgehead atoms. The van der Waals surface area contributed by atoms with Crippen LogP contribution in [-0.4, -0.2) is 75.6 Å². The maximum Gasteiger partial charge on any atom is 0.186 e. The average molecular weight is 719 g/mol. The number of hydrogen-bond donors (Lipinski definition) is 5. The molecule has 1 heterocycles. The van der Waals surface area contributed by atoms with Gasteiger partial charge in [0.05, 0.1) is 31.0 Å². The third-order valence-electron chi connectivity index (χ3n) is 10.2. The number of rotatable bonds is 33. The number of unbranched alkanes of at least 4 members (excludes halogenated alkanes) is 21. The van der Waals surface area contributed by atoms with Gasteiger partial charge in [-0.15, -0.1) is 0 Å². The first-order valence-corrected chi connectivity index (χ1v) is 20.5. The minimum atomic E-state index is -1.56. The summed E-state index contributed by atoms with van der Waals surface area (Å²) in [5.41, 5.74) is 0. The van der Waals surface area contributed by atoms with E-state index in [1.807, 2.05) is 0 Å². The van der Waals surface area contributed by atoms with Crippen molar-refractivity contribution in [3.05, 3.63) is 23.8 Å². The van der Waals surface area contributed by atoms with E-state index in [4.69, 9.17) is 9.47 Å². The highest BCUT2D eigenvalue weighted by Crippen LogP contribution is 2.26. The van der Waals surface area contributed by atoms with Crippen LogP contribution < -0.4 is 0 Å². The third kappa shape index (κ3) is 22.9. The van der Waals surface area contributed by atoms with E-state index in [0.29, 0.717) is 19.3 Å². The van der Waals surface area contributed by atoms with Crippen LogP contribution >= 0.6 is 0 Å². The van der Waals surface area contributed by atoms with Gasteiger partial charge in [0.25, 0.3) is 0 Å². The Morgan fingerprint density at radius 1 is 0.640 bits per heavy atom. The van der Waals surface area contributed by atoms with Crippen molar-refractivity contribution in [3.8, 4) is 0 Å². The first-order chi connectivity index (χ1) is 24.2. The molecule has 7 atom stereocenters. The summed E-state index contributed by atoms with van der Waals surface area (Å²) >= 11 is 0. The number of ether oxygens (including phenoxy) is 2. The fourth-order valence-electron chi connectivity index (χ4n) is 6.73. The van der Waals surface area contributed by atoms with Crippen molar-refractivity contribution in [1.29, 1.82) is 0 Å². The van der Waals surface area contributed by atoms with Gasteiger partial charge in [-0.2, -0.15) is 0 Å². The molecule has 1 aliphatic heterocycles. The second-order valence-electron chi connectivity index (χ2n) is 14.7. The average Bonchev–Trinajstić information content (AvgIpc) is 3.11. The molecule has 50 heavy (non-hydrogen) atoms. The van der Waals surface area contributed by atoms with Crippen LogP contribution in [0.2, 0.25) is 0 Å². The Hall–Kier alpha value is -0.940. The molecule has 0 aromatic carbocycles. The summed E-state index contributed by atoms with van der Waals surface area (Å²) in [5.74, 6) is -0.991. The van der Waals surface area contributed by atoms with Gasteiger partial charge >= 0.3 is 0 Å². The van der Waals surface area contributed by atoms with Crippen molar-refractivity contribution in [3.63, 3.8) is 0 Å². The fraction of sp³-hybridized carbons (Fsp3) is 0.902. The van der Waals surface area contributed by atoms with Gasteiger partial charge in [0.15, 0.2) is 6.29 Å². The first-order valence-electron chi connectivity index (χ1n) is 20.5. The van der Waals surface area contributed by atoms with Crippen molar-refractivity contribution in [2.24, 2.45) is 5.92 Å². The Morgan fingerprint density at radius 2 is 1.08 bits per heavy atom. The maximum atomic E-state index is 15.1. The van der Waals surface area contributed by atoms with Gasteiger partial charge in [-0.05, 0) is 45.1 Å². The third-order valence-corrected chi connectivity index (χ3v) is 10.2. The predicted octanol–water partition coefficient (Wildman–Crippen LogP) is 9.67. The van der Waals surface area contributed by atoms with Crippen LogP contribution in [0.3, 0.4) is 0 Å². The van der Waals surface area contributed by atoms with E-state index in [9.17, 15) is 29.9 Å². The van der Waals surface area contributed by atoms with Crippen LogP contribution in [-0.2, 0) is 9.47 Å². The second-order valence-corrected chi connectivity index (χ2v) is 14.7. The molecule has 0 spiro atoms. The van der Waals surface area contributed by atoms with E-state index in [0.717, 1.165) is 64.2 Å². The molecule has 0 amide bonds. The predicted molar refractivity (Wildman–Crippen MR) is 199 cm³/mol. The summed E-state index contributed by atoms with van der Waals surface area (Å²) in [6.07, 6.45) is 22.8. The molecule has 1 aliphatic rings. The van der Waals surface area contributed by atoms with E-state index in [-0.39, 0.29) is 24.7 Å². The second kappa shape index (κ2) is 31.6. The van der Waals surface area contributed by atoms with Gasteiger partial charge in [0.1, 0.15) is 24.4 Å². The van der Waals surface area contributed by atoms with Crippen molar-refractivity contribution in [2.75, 3.05) is 13.2 Å². The quantitative estimate of drug-likeness (QED) is 0.0429. The Kier molecular flexibility index (Phi) is 29.7. The van der Waals surface area contributed by atoms with Gasteiger partial charge in [0, 0.05) is 5.92 Å². The normalized spacial score (nSPS) is 23.0. The molecule has 9 heteroatoms. The van der Waals surface area contributed by atoms with Crippen LogP contribution in [0.5, 0.6) is 0 Å². The minimum Gasteiger partial charge on any atom is -0.394 e. The number of aliphatic hydroxyl groups is 5. The van der Waals surface area contributed by atoms with Crippen LogP contribution in [0.1, 0.15) is 181 Å². The van der Waals surface area contributed by atoms with E-state index in [1.54, 1.807) is 6.92 Å². The number of aliphatic hydroxyl groups excluding tert-OH is 5. The summed E-state index contributed by atoms with van der Waals surface area (Å²) in [6, 6.07) is 0. The van der Waals surface area contributed by atoms with Crippen molar-refractivity contribution in [1.82, 2.24) is 0 Å². The molecule has 1 fully saturated rings. The van der Waals surface area contributed by atoms with Crippen LogP contribution in [0.15, 0.2) is 23.8 Å². The lowest BCUT2D eigenvalue weighted by atomic mass is 9.95.